The predicted octanol–water partition coefficient (Wildman–Crippen LogP) is 5.19. The molecule has 1 aliphatic rings. The van der Waals surface area contributed by atoms with Gasteiger partial charge in [0.25, 0.3) is 0 Å². The van der Waals surface area contributed by atoms with Crippen LogP contribution in [0.2, 0.25) is 0 Å². The number of carbonyl (C=O) groups excluding carboxylic acids is 2. The summed E-state index contributed by atoms with van der Waals surface area (Å²) in [6.07, 6.45) is 0.416. The molecule has 7 nitrogen and oxygen atoms in total. The molecule has 10 heteroatoms. The maximum Gasteiger partial charge on any atom is 0.242 e. The number of methoxy groups -OCH3 is 2. The largest absolute Gasteiger partial charge is 0.493 e. The molecule has 0 bridgehead atoms. The zero-order valence-corrected chi connectivity index (χ0v) is 21.1. The highest BCUT2D eigenvalue weighted by Crippen LogP contribution is 2.33. The quantitative estimate of drug-likeness (QED) is 0.416. The molecular weight excluding hydrogens is 500 g/mol. The molecule has 1 aliphatic heterocycles. The summed E-state index contributed by atoms with van der Waals surface area (Å²) in [6, 6.07) is 16.6. The Morgan fingerprint density at radius 1 is 0.973 bits per heavy atom. The van der Waals surface area contributed by atoms with Crippen molar-refractivity contribution in [1.29, 1.82) is 0 Å². The van der Waals surface area contributed by atoms with Crippen molar-refractivity contribution in [2.75, 3.05) is 26.1 Å². The van der Waals surface area contributed by atoms with Crippen molar-refractivity contribution < 1.29 is 27.8 Å². The van der Waals surface area contributed by atoms with Gasteiger partial charge in [-0.3, -0.25) is 14.5 Å². The number of benzene rings is 3. The van der Waals surface area contributed by atoms with Crippen molar-refractivity contribution >= 4 is 40.1 Å². The molecule has 1 heterocycles. The van der Waals surface area contributed by atoms with E-state index in [1.165, 1.54) is 60.3 Å². The van der Waals surface area contributed by atoms with Gasteiger partial charge in [-0.25, -0.2) is 13.8 Å². The molecule has 192 valence electrons. The van der Waals surface area contributed by atoms with E-state index in [1.54, 1.807) is 25.2 Å². The van der Waals surface area contributed by atoms with Crippen LogP contribution in [0.25, 0.3) is 0 Å². The first-order chi connectivity index (χ1) is 17.9. The zero-order valence-electron chi connectivity index (χ0n) is 20.2. The van der Waals surface area contributed by atoms with Gasteiger partial charge in [0.2, 0.25) is 11.8 Å². The van der Waals surface area contributed by atoms with Gasteiger partial charge in [-0.1, -0.05) is 17.8 Å². The second-order valence-electron chi connectivity index (χ2n) is 8.17. The van der Waals surface area contributed by atoms with Gasteiger partial charge in [-0.05, 0) is 72.6 Å². The summed E-state index contributed by atoms with van der Waals surface area (Å²) >= 11 is 1.18. The van der Waals surface area contributed by atoms with E-state index in [2.05, 4.69) is 10.3 Å². The number of thioether (sulfide) groups is 1. The molecule has 4 rings (SSSR count). The lowest BCUT2D eigenvalue weighted by Crippen LogP contribution is -2.35. The fraction of sp³-hybridized carbons (Fsp3) is 0.222. The minimum absolute atomic E-state index is 0.0871. The van der Waals surface area contributed by atoms with Gasteiger partial charge in [0, 0.05) is 18.7 Å². The fourth-order valence-corrected chi connectivity index (χ4v) is 4.93. The number of hydrogen-bond donors (Lipinski definition) is 1. The van der Waals surface area contributed by atoms with Crippen molar-refractivity contribution in [2.45, 2.75) is 18.1 Å². The van der Waals surface area contributed by atoms with E-state index in [9.17, 15) is 18.4 Å². The maximum atomic E-state index is 13.4. The molecule has 0 radical (unpaired) electrons. The number of aliphatic imine (C=N–C) groups is 1. The topological polar surface area (TPSA) is 80.2 Å². The average Bonchev–Trinajstić information content (AvgIpc) is 3.18. The van der Waals surface area contributed by atoms with Crippen LogP contribution in [0.1, 0.15) is 12.0 Å². The number of amidine groups is 1. The van der Waals surface area contributed by atoms with Crippen LogP contribution < -0.4 is 14.8 Å². The molecule has 0 spiro atoms. The molecule has 2 amide bonds. The summed E-state index contributed by atoms with van der Waals surface area (Å²) in [5.74, 6) is -0.241. The van der Waals surface area contributed by atoms with Gasteiger partial charge < -0.3 is 14.8 Å². The summed E-state index contributed by atoms with van der Waals surface area (Å²) in [5, 5.41) is 2.42. The van der Waals surface area contributed by atoms with Crippen molar-refractivity contribution in [2.24, 2.45) is 4.99 Å². The first kappa shape index (κ1) is 26.2. The van der Waals surface area contributed by atoms with E-state index in [0.29, 0.717) is 41.0 Å². The predicted molar refractivity (Wildman–Crippen MR) is 139 cm³/mol. The van der Waals surface area contributed by atoms with E-state index in [-0.39, 0.29) is 24.1 Å². The number of ether oxygens (including phenoxy) is 2. The van der Waals surface area contributed by atoms with Crippen molar-refractivity contribution in [3.63, 3.8) is 0 Å². The molecule has 3 aromatic carbocycles. The minimum Gasteiger partial charge on any atom is -0.493 e. The zero-order chi connectivity index (χ0) is 26.4. The number of carbonyl (C=O) groups is 2. The van der Waals surface area contributed by atoms with E-state index in [1.807, 2.05) is 12.1 Å². The SMILES string of the molecule is COc1ccc(CCN2C(=O)[C@@H](CC(=O)Nc3ccc(F)cc3)SC2=Nc2ccc(F)cc2)cc1OC. The Kier molecular flexibility index (Phi) is 8.39. The molecule has 0 saturated carbocycles. The normalized spacial score (nSPS) is 16.2. The molecule has 1 fully saturated rings. The molecule has 0 unspecified atom stereocenters. The molecule has 1 atom stereocenters. The van der Waals surface area contributed by atoms with Gasteiger partial charge in [0.15, 0.2) is 16.7 Å². The summed E-state index contributed by atoms with van der Waals surface area (Å²) in [6.45, 7) is 0.317. The third-order valence-corrected chi connectivity index (χ3v) is 6.82. The molecule has 1 N–H and O–H groups in total. The summed E-state index contributed by atoms with van der Waals surface area (Å²) in [5.41, 5.74) is 1.85. The molecule has 0 aliphatic carbocycles. The van der Waals surface area contributed by atoms with Crippen LogP contribution in [-0.2, 0) is 16.0 Å². The van der Waals surface area contributed by atoms with E-state index in [4.69, 9.17) is 9.47 Å². The van der Waals surface area contributed by atoms with Crippen LogP contribution in [0.15, 0.2) is 71.7 Å². The highest BCUT2D eigenvalue weighted by Gasteiger charge is 2.39. The highest BCUT2D eigenvalue weighted by atomic mass is 32.2. The third-order valence-electron chi connectivity index (χ3n) is 5.64. The first-order valence-corrected chi connectivity index (χ1v) is 12.3. The standard InChI is InChI=1S/C27H25F2N3O4S/c1-35-22-12-3-17(15-23(22)36-2)13-14-32-26(34)24(16-25(33)30-20-8-4-18(28)5-9-20)37-27(32)31-21-10-6-19(29)7-11-21/h3-12,15,24H,13-14,16H2,1-2H3,(H,30,33)/t24-/m1/s1. The van der Waals surface area contributed by atoms with Gasteiger partial charge in [-0.15, -0.1) is 0 Å². The second kappa shape index (κ2) is 11.9. The number of nitrogens with zero attached hydrogens (tertiary/aromatic N) is 2. The Balaban J connectivity index is 1.51. The molecule has 37 heavy (non-hydrogen) atoms. The Bertz CT molecular complexity index is 1300. The Morgan fingerprint density at radius 3 is 2.27 bits per heavy atom. The lowest BCUT2D eigenvalue weighted by atomic mass is 10.1. The van der Waals surface area contributed by atoms with Crippen LogP contribution >= 0.6 is 11.8 Å². The van der Waals surface area contributed by atoms with E-state index in [0.717, 1.165) is 5.56 Å². The van der Waals surface area contributed by atoms with Crippen LogP contribution in [0.5, 0.6) is 11.5 Å². The van der Waals surface area contributed by atoms with E-state index >= 15 is 0 Å². The molecule has 0 aromatic heterocycles. The lowest BCUT2D eigenvalue weighted by Gasteiger charge is -2.17. The van der Waals surface area contributed by atoms with Crippen LogP contribution in [-0.4, -0.2) is 47.9 Å². The summed E-state index contributed by atoms with van der Waals surface area (Å²) < 4.78 is 37.2. The average molecular weight is 526 g/mol. The first-order valence-electron chi connectivity index (χ1n) is 11.4. The minimum atomic E-state index is -0.690. The molecule has 3 aromatic rings. The van der Waals surface area contributed by atoms with Crippen molar-refractivity contribution in [3.8, 4) is 11.5 Å². The number of nitrogens with one attached hydrogen (secondary N) is 1. The summed E-state index contributed by atoms with van der Waals surface area (Å²) in [7, 11) is 3.11. The van der Waals surface area contributed by atoms with Crippen LogP contribution in [0, 0.1) is 11.6 Å². The van der Waals surface area contributed by atoms with E-state index < -0.39 is 11.1 Å². The fourth-order valence-electron chi connectivity index (χ4n) is 3.75. The Morgan fingerprint density at radius 2 is 1.62 bits per heavy atom. The Labute approximate surface area is 217 Å². The van der Waals surface area contributed by atoms with Gasteiger partial charge in [0.1, 0.15) is 16.9 Å². The summed E-state index contributed by atoms with van der Waals surface area (Å²) in [4.78, 5) is 32.0. The van der Waals surface area contributed by atoms with Gasteiger partial charge in [0.05, 0.1) is 19.9 Å². The monoisotopic (exact) mass is 525 g/mol. The van der Waals surface area contributed by atoms with Crippen molar-refractivity contribution in [1.82, 2.24) is 4.90 Å². The smallest absolute Gasteiger partial charge is 0.242 e. The van der Waals surface area contributed by atoms with Gasteiger partial charge >= 0.3 is 0 Å². The number of anilines is 1. The number of hydrogen-bond acceptors (Lipinski definition) is 6. The molecular formula is C27H25F2N3O4S. The van der Waals surface area contributed by atoms with Crippen molar-refractivity contribution in [3.05, 3.63) is 83.9 Å². The number of amides is 2. The second-order valence-corrected chi connectivity index (χ2v) is 9.34. The lowest BCUT2D eigenvalue weighted by molar-refractivity contribution is -0.128. The van der Waals surface area contributed by atoms with Crippen LogP contribution in [0.4, 0.5) is 20.2 Å². The van der Waals surface area contributed by atoms with Gasteiger partial charge in [-0.2, -0.15) is 0 Å². The number of halogens is 2. The highest BCUT2D eigenvalue weighted by molar-refractivity contribution is 8.15. The van der Waals surface area contributed by atoms with Crippen LogP contribution in [0.3, 0.4) is 0 Å². The molecule has 1 saturated heterocycles. The third kappa shape index (κ3) is 6.65. The Hall–Kier alpha value is -3.92. The maximum absolute atomic E-state index is 13.4. The number of rotatable bonds is 9.